The first kappa shape index (κ1) is 11.5. The van der Waals surface area contributed by atoms with Gasteiger partial charge in [-0.25, -0.2) is 0 Å². The largest absolute Gasteiger partial charge is 0.334 e. The van der Waals surface area contributed by atoms with Gasteiger partial charge in [0.25, 0.3) is 5.91 Å². The molecule has 1 aromatic heterocycles. The van der Waals surface area contributed by atoms with Crippen LogP contribution in [0, 0.1) is 12.8 Å². The summed E-state index contributed by atoms with van der Waals surface area (Å²) < 4.78 is 0. The zero-order valence-corrected chi connectivity index (χ0v) is 10.3. The summed E-state index contributed by atoms with van der Waals surface area (Å²) in [5, 5.41) is 6.67. The molecule has 0 aromatic carbocycles. The number of carbonyl (C=O) groups is 1. The number of aryl methyl sites for hydroxylation is 1. The summed E-state index contributed by atoms with van der Waals surface area (Å²) in [4.78, 5) is 14.1. The minimum atomic E-state index is 0.0428. The van der Waals surface area contributed by atoms with Gasteiger partial charge >= 0.3 is 0 Å². The number of carbonyl (C=O) groups excluding carboxylic acids is 1. The molecule has 1 saturated heterocycles. The number of halogens is 1. The monoisotopic (exact) mass is 241 g/mol. The first-order chi connectivity index (χ1) is 7.65. The van der Waals surface area contributed by atoms with Gasteiger partial charge in [-0.15, -0.1) is 11.6 Å². The van der Waals surface area contributed by atoms with Crippen LogP contribution in [0.5, 0.6) is 0 Å². The minimum Gasteiger partial charge on any atom is -0.334 e. The predicted octanol–water partition coefficient (Wildman–Crippen LogP) is 1.81. The van der Waals surface area contributed by atoms with Crippen molar-refractivity contribution in [2.45, 2.75) is 26.3 Å². The van der Waals surface area contributed by atoms with E-state index in [4.69, 9.17) is 11.6 Å². The van der Waals surface area contributed by atoms with Crippen molar-refractivity contribution in [3.63, 3.8) is 0 Å². The molecule has 2 rings (SSSR count). The molecule has 1 N–H and O–H groups in total. The van der Waals surface area contributed by atoms with Crippen LogP contribution in [0.15, 0.2) is 6.20 Å². The highest BCUT2D eigenvalue weighted by molar-refractivity contribution is 6.18. The van der Waals surface area contributed by atoms with Crippen LogP contribution in [0.4, 0.5) is 0 Å². The maximum absolute atomic E-state index is 12.3. The Kier molecular flexibility index (Phi) is 3.19. The number of nitrogens with zero attached hydrogens (tertiary/aromatic N) is 2. The molecule has 1 aliphatic heterocycles. The summed E-state index contributed by atoms with van der Waals surface area (Å²) in [5.41, 5.74) is 1.47. The lowest BCUT2D eigenvalue weighted by atomic mass is 10.0. The van der Waals surface area contributed by atoms with E-state index in [1.165, 1.54) is 0 Å². The van der Waals surface area contributed by atoms with Gasteiger partial charge in [-0.3, -0.25) is 9.89 Å². The molecule has 5 heteroatoms. The fraction of sp³-hybridized carbons (Fsp3) is 0.636. The Morgan fingerprint density at radius 3 is 3.06 bits per heavy atom. The Morgan fingerprint density at radius 1 is 1.75 bits per heavy atom. The highest BCUT2D eigenvalue weighted by atomic mass is 35.5. The standard InChI is InChI=1S/C11H16ClN3O/c1-7-3-4-15(10(7)5-12)11(16)9-6-13-14-8(9)2/h6-7,10H,3-5H2,1-2H3,(H,13,14). The summed E-state index contributed by atoms with van der Waals surface area (Å²) in [6.45, 7) is 4.79. The number of hydrogen-bond acceptors (Lipinski definition) is 2. The van der Waals surface area contributed by atoms with E-state index in [1.807, 2.05) is 11.8 Å². The molecule has 16 heavy (non-hydrogen) atoms. The first-order valence-electron chi connectivity index (χ1n) is 5.52. The second kappa shape index (κ2) is 4.45. The van der Waals surface area contributed by atoms with Crippen molar-refractivity contribution >= 4 is 17.5 Å². The van der Waals surface area contributed by atoms with Crippen molar-refractivity contribution in [2.75, 3.05) is 12.4 Å². The average Bonchev–Trinajstić information content (AvgIpc) is 2.83. The first-order valence-corrected chi connectivity index (χ1v) is 6.05. The molecular weight excluding hydrogens is 226 g/mol. The highest BCUT2D eigenvalue weighted by Gasteiger charge is 2.34. The fourth-order valence-electron chi connectivity index (χ4n) is 2.22. The molecule has 0 spiro atoms. The van der Waals surface area contributed by atoms with Crippen LogP contribution in [-0.2, 0) is 0 Å². The Hall–Kier alpha value is -1.03. The van der Waals surface area contributed by atoms with E-state index in [-0.39, 0.29) is 11.9 Å². The van der Waals surface area contributed by atoms with Crippen LogP contribution in [0.25, 0.3) is 0 Å². The van der Waals surface area contributed by atoms with Gasteiger partial charge in [0, 0.05) is 24.2 Å². The van der Waals surface area contributed by atoms with E-state index in [0.717, 1.165) is 18.7 Å². The number of amides is 1. The lowest BCUT2D eigenvalue weighted by Crippen LogP contribution is -2.38. The molecule has 1 aliphatic rings. The molecule has 1 amide bonds. The number of rotatable bonds is 2. The molecule has 0 saturated carbocycles. The van der Waals surface area contributed by atoms with Crippen LogP contribution in [0.1, 0.15) is 29.4 Å². The van der Waals surface area contributed by atoms with Gasteiger partial charge in [0.05, 0.1) is 11.8 Å². The second-order valence-electron chi connectivity index (χ2n) is 4.39. The SMILES string of the molecule is Cc1[nH]ncc1C(=O)N1CCC(C)C1CCl. The average molecular weight is 242 g/mol. The molecule has 1 fully saturated rings. The molecule has 1 aromatic rings. The number of hydrogen-bond donors (Lipinski definition) is 1. The van der Waals surface area contributed by atoms with Gasteiger partial charge in [0.15, 0.2) is 0 Å². The van der Waals surface area contributed by atoms with Crippen molar-refractivity contribution in [2.24, 2.45) is 5.92 Å². The van der Waals surface area contributed by atoms with Crippen LogP contribution in [0.2, 0.25) is 0 Å². The summed E-state index contributed by atoms with van der Waals surface area (Å²) in [6.07, 6.45) is 2.62. The minimum absolute atomic E-state index is 0.0428. The third kappa shape index (κ3) is 1.82. The molecule has 2 unspecified atom stereocenters. The number of aromatic nitrogens is 2. The zero-order valence-electron chi connectivity index (χ0n) is 9.53. The number of alkyl halides is 1. The molecule has 2 heterocycles. The van der Waals surface area contributed by atoms with Crippen molar-refractivity contribution in [3.8, 4) is 0 Å². The molecule has 88 valence electrons. The third-order valence-electron chi connectivity index (χ3n) is 3.36. The van der Waals surface area contributed by atoms with Crippen molar-refractivity contribution in [1.29, 1.82) is 0 Å². The van der Waals surface area contributed by atoms with Crippen molar-refractivity contribution in [1.82, 2.24) is 15.1 Å². The van der Waals surface area contributed by atoms with Gasteiger partial charge < -0.3 is 4.90 Å². The van der Waals surface area contributed by atoms with Crippen LogP contribution in [0.3, 0.4) is 0 Å². The van der Waals surface area contributed by atoms with Crippen molar-refractivity contribution in [3.05, 3.63) is 17.5 Å². The van der Waals surface area contributed by atoms with Crippen LogP contribution < -0.4 is 0 Å². The van der Waals surface area contributed by atoms with Gasteiger partial charge in [-0.1, -0.05) is 6.92 Å². The number of likely N-dealkylation sites (tertiary alicyclic amines) is 1. The second-order valence-corrected chi connectivity index (χ2v) is 4.70. The van der Waals surface area contributed by atoms with Crippen LogP contribution >= 0.6 is 11.6 Å². The van der Waals surface area contributed by atoms with E-state index < -0.39 is 0 Å². The molecule has 0 radical (unpaired) electrons. The fourth-order valence-corrected chi connectivity index (χ4v) is 2.69. The molecule has 2 atom stereocenters. The third-order valence-corrected chi connectivity index (χ3v) is 3.68. The number of aromatic amines is 1. The molecular formula is C11H16ClN3O. The Balaban J connectivity index is 2.20. The van der Waals surface area contributed by atoms with Crippen LogP contribution in [-0.4, -0.2) is 39.5 Å². The van der Waals surface area contributed by atoms with E-state index >= 15 is 0 Å². The Labute approximate surface area is 100.0 Å². The number of nitrogens with one attached hydrogen (secondary N) is 1. The smallest absolute Gasteiger partial charge is 0.257 e. The van der Waals surface area contributed by atoms with E-state index in [9.17, 15) is 4.79 Å². The molecule has 0 aliphatic carbocycles. The predicted molar refractivity (Wildman–Crippen MR) is 62.7 cm³/mol. The normalized spacial score (nSPS) is 25.1. The van der Waals surface area contributed by atoms with Gasteiger partial charge in [-0.05, 0) is 19.3 Å². The maximum Gasteiger partial charge on any atom is 0.257 e. The maximum atomic E-state index is 12.3. The summed E-state index contributed by atoms with van der Waals surface area (Å²) >= 11 is 5.93. The number of H-pyrrole nitrogens is 1. The summed E-state index contributed by atoms with van der Waals surface area (Å²) in [5.74, 6) is 1.03. The van der Waals surface area contributed by atoms with Crippen molar-refractivity contribution < 1.29 is 4.79 Å². The highest BCUT2D eigenvalue weighted by Crippen LogP contribution is 2.26. The Bertz CT molecular complexity index is 390. The lowest BCUT2D eigenvalue weighted by Gasteiger charge is -2.24. The molecule has 0 bridgehead atoms. The summed E-state index contributed by atoms with van der Waals surface area (Å²) in [6, 6.07) is 0.156. The summed E-state index contributed by atoms with van der Waals surface area (Å²) in [7, 11) is 0. The van der Waals surface area contributed by atoms with E-state index in [2.05, 4.69) is 17.1 Å². The lowest BCUT2D eigenvalue weighted by molar-refractivity contribution is 0.0736. The molecule has 4 nitrogen and oxygen atoms in total. The Morgan fingerprint density at radius 2 is 2.50 bits per heavy atom. The van der Waals surface area contributed by atoms with E-state index in [1.54, 1.807) is 6.20 Å². The zero-order chi connectivity index (χ0) is 11.7. The topological polar surface area (TPSA) is 49.0 Å². The van der Waals surface area contributed by atoms with Gasteiger partial charge in [0.1, 0.15) is 0 Å². The van der Waals surface area contributed by atoms with Gasteiger partial charge in [-0.2, -0.15) is 5.10 Å². The van der Waals surface area contributed by atoms with E-state index in [0.29, 0.717) is 17.4 Å². The quantitative estimate of drug-likeness (QED) is 0.803. The van der Waals surface area contributed by atoms with Gasteiger partial charge in [0.2, 0.25) is 0 Å².